The lowest BCUT2D eigenvalue weighted by Crippen LogP contribution is -2.35. The molecule has 0 aromatic rings. The Bertz CT molecular complexity index is 150. The summed E-state index contributed by atoms with van der Waals surface area (Å²) in [6.07, 6.45) is 5.60. The summed E-state index contributed by atoms with van der Waals surface area (Å²) in [4.78, 5) is 4.97. The molecule has 96 valence electrons. The van der Waals surface area contributed by atoms with Crippen LogP contribution >= 0.6 is 0 Å². The Balaban J connectivity index is 2.09. The van der Waals surface area contributed by atoms with Crippen LogP contribution in [-0.4, -0.2) is 50.1 Å². The summed E-state index contributed by atoms with van der Waals surface area (Å²) < 4.78 is 0. The number of piperidine rings is 1. The van der Waals surface area contributed by atoms with Gasteiger partial charge in [0.25, 0.3) is 0 Å². The van der Waals surface area contributed by atoms with Crippen LogP contribution in [0.3, 0.4) is 0 Å². The Kier molecular flexibility index (Phi) is 6.37. The summed E-state index contributed by atoms with van der Waals surface area (Å²) in [5.74, 6) is 1.84. The quantitative estimate of drug-likeness (QED) is 0.687. The van der Waals surface area contributed by atoms with Gasteiger partial charge in [-0.1, -0.05) is 13.8 Å². The fraction of sp³-hybridized carbons (Fsp3) is 1.00. The maximum atomic E-state index is 2.66. The van der Waals surface area contributed by atoms with Crippen LogP contribution in [0.4, 0.5) is 0 Å². The second-order valence-corrected chi connectivity index (χ2v) is 6.06. The van der Waals surface area contributed by atoms with Crippen LogP contribution in [0.2, 0.25) is 0 Å². The Morgan fingerprint density at radius 3 is 2.31 bits per heavy atom. The maximum absolute atomic E-state index is 2.66. The zero-order chi connectivity index (χ0) is 12.0. The Morgan fingerprint density at radius 1 is 1.19 bits per heavy atom. The van der Waals surface area contributed by atoms with E-state index in [1.165, 1.54) is 51.9 Å². The molecule has 0 radical (unpaired) electrons. The zero-order valence-electron chi connectivity index (χ0n) is 11.7. The molecule has 1 saturated heterocycles. The van der Waals surface area contributed by atoms with Crippen LogP contribution in [0.1, 0.15) is 39.5 Å². The predicted octanol–water partition coefficient (Wildman–Crippen LogP) is 2.70. The monoisotopic (exact) mass is 226 g/mol. The lowest BCUT2D eigenvalue weighted by atomic mass is 9.93. The van der Waals surface area contributed by atoms with Gasteiger partial charge in [-0.15, -0.1) is 0 Å². The predicted molar refractivity (Wildman–Crippen MR) is 71.8 cm³/mol. The highest BCUT2D eigenvalue weighted by molar-refractivity contribution is 4.73. The Morgan fingerprint density at radius 2 is 1.81 bits per heavy atom. The second-order valence-electron chi connectivity index (χ2n) is 6.06. The molecule has 0 aromatic heterocycles. The molecule has 1 aliphatic rings. The highest BCUT2D eigenvalue weighted by Crippen LogP contribution is 2.21. The molecule has 16 heavy (non-hydrogen) atoms. The van der Waals surface area contributed by atoms with Crippen molar-refractivity contribution in [3.63, 3.8) is 0 Å². The molecular formula is C14H30N2. The van der Waals surface area contributed by atoms with E-state index in [9.17, 15) is 0 Å². The smallest absolute Gasteiger partial charge is 0.00161 e. The van der Waals surface area contributed by atoms with E-state index in [2.05, 4.69) is 37.7 Å². The van der Waals surface area contributed by atoms with Gasteiger partial charge in [0.1, 0.15) is 0 Å². The number of likely N-dealkylation sites (tertiary alicyclic amines) is 1. The van der Waals surface area contributed by atoms with E-state index in [1.54, 1.807) is 0 Å². The first-order valence-electron chi connectivity index (χ1n) is 6.95. The summed E-state index contributed by atoms with van der Waals surface area (Å²) in [5, 5.41) is 0. The summed E-state index contributed by atoms with van der Waals surface area (Å²) in [7, 11) is 4.36. The lowest BCUT2D eigenvalue weighted by Gasteiger charge is -2.32. The van der Waals surface area contributed by atoms with Crippen LogP contribution in [0.5, 0.6) is 0 Å². The van der Waals surface area contributed by atoms with Crippen molar-refractivity contribution in [2.75, 3.05) is 40.3 Å². The molecule has 2 nitrogen and oxygen atoms in total. The molecule has 0 spiro atoms. The zero-order valence-corrected chi connectivity index (χ0v) is 11.7. The van der Waals surface area contributed by atoms with Gasteiger partial charge in [-0.25, -0.2) is 0 Å². The van der Waals surface area contributed by atoms with Crippen LogP contribution in [0.25, 0.3) is 0 Å². The molecule has 0 bridgehead atoms. The van der Waals surface area contributed by atoms with Crippen molar-refractivity contribution < 1.29 is 0 Å². The third-order valence-electron chi connectivity index (χ3n) is 3.71. The molecule has 0 amide bonds. The average Bonchev–Trinajstić information content (AvgIpc) is 2.25. The SMILES string of the molecule is CC(C)CCN1CCC(CCN(C)C)CC1. The minimum Gasteiger partial charge on any atom is -0.309 e. The average molecular weight is 226 g/mol. The van der Waals surface area contributed by atoms with Gasteiger partial charge < -0.3 is 9.80 Å². The van der Waals surface area contributed by atoms with Crippen molar-refractivity contribution in [1.82, 2.24) is 9.80 Å². The van der Waals surface area contributed by atoms with Crippen LogP contribution in [-0.2, 0) is 0 Å². The number of hydrogen-bond donors (Lipinski definition) is 0. The first-order chi connectivity index (χ1) is 7.58. The maximum Gasteiger partial charge on any atom is -0.00161 e. The van der Waals surface area contributed by atoms with Gasteiger partial charge in [0.2, 0.25) is 0 Å². The fourth-order valence-electron chi connectivity index (χ4n) is 2.38. The van der Waals surface area contributed by atoms with E-state index in [0.717, 1.165) is 11.8 Å². The van der Waals surface area contributed by atoms with Gasteiger partial charge in [0, 0.05) is 0 Å². The van der Waals surface area contributed by atoms with E-state index in [0.29, 0.717) is 0 Å². The first kappa shape index (κ1) is 14.0. The minimum atomic E-state index is 0.853. The third kappa shape index (κ3) is 5.86. The molecule has 1 fully saturated rings. The van der Waals surface area contributed by atoms with Gasteiger partial charge in [0.05, 0.1) is 0 Å². The largest absolute Gasteiger partial charge is 0.309 e. The molecule has 0 saturated carbocycles. The first-order valence-corrected chi connectivity index (χ1v) is 6.95. The Labute approximate surface area is 102 Å². The van der Waals surface area contributed by atoms with Gasteiger partial charge >= 0.3 is 0 Å². The summed E-state index contributed by atoms with van der Waals surface area (Å²) in [5.41, 5.74) is 0. The second kappa shape index (κ2) is 7.29. The standard InChI is InChI=1S/C14H30N2/c1-13(2)5-10-16-11-7-14(8-12-16)6-9-15(3)4/h13-14H,5-12H2,1-4H3. The minimum absolute atomic E-state index is 0.853. The molecule has 0 N–H and O–H groups in total. The molecular weight excluding hydrogens is 196 g/mol. The van der Waals surface area contributed by atoms with E-state index in [1.807, 2.05) is 0 Å². The molecule has 2 heteroatoms. The van der Waals surface area contributed by atoms with Crippen molar-refractivity contribution in [2.24, 2.45) is 11.8 Å². The molecule has 1 aliphatic heterocycles. The molecule has 0 aromatic carbocycles. The number of hydrogen-bond acceptors (Lipinski definition) is 2. The van der Waals surface area contributed by atoms with Crippen molar-refractivity contribution >= 4 is 0 Å². The molecule has 0 aliphatic carbocycles. The highest BCUT2D eigenvalue weighted by Gasteiger charge is 2.18. The fourth-order valence-corrected chi connectivity index (χ4v) is 2.38. The summed E-state index contributed by atoms with van der Waals surface area (Å²) >= 11 is 0. The molecule has 0 atom stereocenters. The van der Waals surface area contributed by atoms with Crippen molar-refractivity contribution in [1.29, 1.82) is 0 Å². The summed E-state index contributed by atoms with van der Waals surface area (Å²) in [6.45, 7) is 9.90. The summed E-state index contributed by atoms with van der Waals surface area (Å²) in [6, 6.07) is 0. The van der Waals surface area contributed by atoms with Gasteiger partial charge in [-0.3, -0.25) is 0 Å². The van der Waals surface area contributed by atoms with E-state index < -0.39 is 0 Å². The van der Waals surface area contributed by atoms with Crippen molar-refractivity contribution in [3.8, 4) is 0 Å². The van der Waals surface area contributed by atoms with Gasteiger partial charge in [0.15, 0.2) is 0 Å². The van der Waals surface area contributed by atoms with Gasteiger partial charge in [-0.2, -0.15) is 0 Å². The topological polar surface area (TPSA) is 6.48 Å². The number of rotatable bonds is 6. The number of nitrogens with zero attached hydrogens (tertiary/aromatic N) is 2. The normalized spacial score (nSPS) is 19.9. The van der Waals surface area contributed by atoms with Crippen molar-refractivity contribution in [3.05, 3.63) is 0 Å². The lowest BCUT2D eigenvalue weighted by molar-refractivity contribution is 0.165. The highest BCUT2D eigenvalue weighted by atomic mass is 15.1. The molecule has 1 heterocycles. The van der Waals surface area contributed by atoms with Crippen LogP contribution < -0.4 is 0 Å². The molecule has 0 unspecified atom stereocenters. The Hall–Kier alpha value is -0.0800. The van der Waals surface area contributed by atoms with Crippen LogP contribution in [0.15, 0.2) is 0 Å². The van der Waals surface area contributed by atoms with E-state index in [-0.39, 0.29) is 0 Å². The third-order valence-corrected chi connectivity index (χ3v) is 3.71. The molecule has 1 rings (SSSR count). The van der Waals surface area contributed by atoms with E-state index >= 15 is 0 Å². The van der Waals surface area contributed by atoms with E-state index in [4.69, 9.17) is 0 Å². The van der Waals surface area contributed by atoms with Crippen LogP contribution in [0, 0.1) is 11.8 Å². The van der Waals surface area contributed by atoms with Gasteiger partial charge in [-0.05, 0) is 77.8 Å². The van der Waals surface area contributed by atoms with Crippen molar-refractivity contribution in [2.45, 2.75) is 39.5 Å².